The van der Waals surface area contributed by atoms with Crippen molar-refractivity contribution >= 4 is 17.0 Å². The standard InChI is InChI=1S/C26H28N4O5/c1-16-26(9-10-34-26)15-33-23(14-28-16)24(31)29-20(13-27)11-17-3-5-18(6-4-17)19-7-8-22-21(12-19)30(2)25(32)35-22/h3-8,12,16,20,23,28H,9-11,14-15H2,1-2H3,(H,29,31)/t16-,20-,23-,26-/m0/s1. The number of nitriles is 1. The predicted octanol–water partition coefficient (Wildman–Crippen LogP) is 1.89. The highest BCUT2D eigenvalue weighted by Gasteiger charge is 2.46. The molecule has 3 aromatic rings. The summed E-state index contributed by atoms with van der Waals surface area (Å²) in [7, 11) is 1.67. The van der Waals surface area contributed by atoms with Gasteiger partial charge in [0.25, 0.3) is 5.91 Å². The first-order valence-corrected chi connectivity index (χ1v) is 11.8. The van der Waals surface area contributed by atoms with Gasteiger partial charge in [-0.1, -0.05) is 30.3 Å². The van der Waals surface area contributed by atoms with E-state index in [1.165, 1.54) is 4.57 Å². The Bertz CT molecular complexity index is 1330. The summed E-state index contributed by atoms with van der Waals surface area (Å²) in [5, 5.41) is 15.8. The van der Waals surface area contributed by atoms with E-state index in [0.717, 1.165) is 28.6 Å². The third kappa shape index (κ3) is 4.48. The molecule has 9 nitrogen and oxygen atoms in total. The Labute approximate surface area is 202 Å². The number of hydrogen-bond donors (Lipinski definition) is 2. The van der Waals surface area contributed by atoms with Gasteiger partial charge in [-0.15, -0.1) is 0 Å². The third-order valence-corrected chi connectivity index (χ3v) is 7.13. The van der Waals surface area contributed by atoms with Crippen molar-refractivity contribution in [2.75, 3.05) is 19.8 Å². The molecule has 3 heterocycles. The number of carbonyl (C=O) groups is 1. The number of hydrogen-bond acceptors (Lipinski definition) is 7. The molecule has 0 radical (unpaired) electrons. The summed E-state index contributed by atoms with van der Waals surface area (Å²) in [6, 6.07) is 15.0. The van der Waals surface area contributed by atoms with Gasteiger partial charge in [0, 0.05) is 32.5 Å². The normalized spacial score (nSPS) is 24.9. The Morgan fingerprint density at radius 3 is 2.71 bits per heavy atom. The topological polar surface area (TPSA) is 119 Å². The third-order valence-electron chi connectivity index (χ3n) is 7.13. The van der Waals surface area contributed by atoms with E-state index < -0.39 is 17.9 Å². The molecule has 9 heteroatoms. The summed E-state index contributed by atoms with van der Waals surface area (Å²) in [4.78, 5) is 24.5. The fourth-order valence-corrected chi connectivity index (χ4v) is 4.65. The Kier molecular flexibility index (Phi) is 6.19. The average molecular weight is 477 g/mol. The number of ether oxygens (including phenoxy) is 2. The number of benzene rings is 2. The quantitative estimate of drug-likeness (QED) is 0.577. The first kappa shape index (κ1) is 23.3. The van der Waals surface area contributed by atoms with Crippen molar-refractivity contribution in [1.82, 2.24) is 15.2 Å². The monoisotopic (exact) mass is 476 g/mol. The molecule has 0 unspecified atom stereocenters. The number of aryl methyl sites for hydroxylation is 1. The molecule has 182 valence electrons. The van der Waals surface area contributed by atoms with E-state index in [-0.39, 0.29) is 17.6 Å². The lowest BCUT2D eigenvalue weighted by Crippen LogP contribution is -2.58. The molecule has 35 heavy (non-hydrogen) atoms. The molecule has 1 spiro atoms. The maximum absolute atomic E-state index is 12.8. The molecule has 0 bridgehead atoms. The van der Waals surface area contributed by atoms with Gasteiger partial charge < -0.3 is 24.5 Å². The predicted molar refractivity (Wildman–Crippen MR) is 129 cm³/mol. The molecule has 2 fully saturated rings. The van der Waals surface area contributed by atoms with E-state index in [0.29, 0.717) is 31.8 Å². The van der Waals surface area contributed by atoms with Gasteiger partial charge in [0.1, 0.15) is 17.7 Å². The number of aromatic nitrogens is 1. The van der Waals surface area contributed by atoms with Gasteiger partial charge in [0.2, 0.25) is 0 Å². The average Bonchev–Trinajstić information content (AvgIpc) is 3.00. The van der Waals surface area contributed by atoms with E-state index in [4.69, 9.17) is 13.9 Å². The van der Waals surface area contributed by atoms with Crippen LogP contribution in [0.5, 0.6) is 0 Å². The molecule has 2 aliphatic heterocycles. The van der Waals surface area contributed by atoms with Crippen molar-refractivity contribution in [1.29, 1.82) is 5.26 Å². The highest BCUT2D eigenvalue weighted by molar-refractivity contribution is 5.82. The van der Waals surface area contributed by atoms with Crippen LogP contribution in [0, 0.1) is 11.3 Å². The zero-order valence-corrected chi connectivity index (χ0v) is 19.7. The fraction of sp³-hybridized carbons (Fsp3) is 0.423. The second-order valence-corrected chi connectivity index (χ2v) is 9.29. The summed E-state index contributed by atoms with van der Waals surface area (Å²) in [6.45, 7) is 3.48. The van der Waals surface area contributed by atoms with Crippen molar-refractivity contribution in [3.05, 3.63) is 58.6 Å². The fourth-order valence-electron chi connectivity index (χ4n) is 4.65. The smallest absolute Gasteiger partial charge is 0.408 e. The van der Waals surface area contributed by atoms with Crippen LogP contribution in [0.2, 0.25) is 0 Å². The second-order valence-electron chi connectivity index (χ2n) is 9.29. The molecular formula is C26H28N4O5. The van der Waals surface area contributed by atoms with Crippen LogP contribution in [-0.2, 0) is 27.7 Å². The number of nitrogens with one attached hydrogen (secondary N) is 2. The number of amides is 1. The lowest BCUT2D eigenvalue weighted by molar-refractivity contribution is -0.192. The van der Waals surface area contributed by atoms with Crippen molar-refractivity contribution in [3.8, 4) is 17.2 Å². The lowest BCUT2D eigenvalue weighted by atomic mass is 9.88. The summed E-state index contributed by atoms with van der Waals surface area (Å²) in [5.41, 5.74) is 3.76. The van der Waals surface area contributed by atoms with Crippen molar-refractivity contribution in [2.24, 2.45) is 7.05 Å². The molecule has 0 aliphatic carbocycles. The van der Waals surface area contributed by atoms with Gasteiger partial charge in [-0.05, 0) is 35.7 Å². The van der Waals surface area contributed by atoms with Gasteiger partial charge >= 0.3 is 5.76 Å². The number of carbonyl (C=O) groups excluding carboxylic acids is 1. The maximum Gasteiger partial charge on any atom is 0.419 e. The lowest BCUT2D eigenvalue weighted by Gasteiger charge is -2.44. The summed E-state index contributed by atoms with van der Waals surface area (Å²) < 4.78 is 18.3. The van der Waals surface area contributed by atoms with E-state index in [1.54, 1.807) is 13.1 Å². The number of rotatable bonds is 5. The van der Waals surface area contributed by atoms with E-state index in [1.807, 2.05) is 43.3 Å². The van der Waals surface area contributed by atoms with Crippen LogP contribution in [0.15, 0.2) is 51.7 Å². The summed E-state index contributed by atoms with van der Waals surface area (Å²) >= 11 is 0. The molecule has 5 rings (SSSR count). The van der Waals surface area contributed by atoms with E-state index in [9.17, 15) is 14.9 Å². The number of oxazole rings is 1. The largest absolute Gasteiger partial charge is 0.419 e. The summed E-state index contributed by atoms with van der Waals surface area (Å²) in [6.07, 6.45) is 0.606. The van der Waals surface area contributed by atoms with Crippen LogP contribution in [0.3, 0.4) is 0 Å². The maximum atomic E-state index is 12.8. The molecule has 2 saturated heterocycles. The Balaban J connectivity index is 1.22. The Morgan fingerprint density at radius 1 is 1.29 bits per heavy atom. The van der Waals surface area contributed by atoms with Gasteiger partial charge in [0.05, 0.1) is 24.8 Å². The minimum absolute atomic E-state index is 0.0958. The van der Waals surface area contributed by atoms with Gasteiger partial charge in [-0.25, -0.2) is 4.79 Å². The van der Waals surface area contributed by atoms with Crippen molar-refractivity contribution in [3.63, 3.8) is 0 Å². The van der Waals surface area contributed by atoms with Gasteiger partial charge in [-0.2, -0.15) is 5.26 Å². The highest BCUT2D eigenvalue weighted by Crippen LogP contribution is 2.32. The first-order chi connectivity index (χ1) is 16.9. The molecular weight excluding hydrogens is 448 g/mol. The van der Waals surface area contributed by atoms with Crippen LogP contribution < -0.4 is 16.4 Å². The zero-order chi connectivity index (χ0) is 24.6. The Morgan fingerprint density at radius 2 is 2.03 bits per heavy atom. The van der Waals surface area contributed by atoms with Crippen LogP contribution in [0.1, 0.15) is 18.9 Å². The molecule has 2 aliphatic rings. The van der Waals surface area contributed by atoms with Gasteiger partial charge in [-0.3, -0.25) is 9.36 Å². The van der Waals surface area contributed by atoms with E-state index in [2.05, 4.69) is 16.7 Å². The Hall–Kier alpha value is -3.45. The van der Waals surface area contributed by atoms with E-state index >= 15 is 0 Å². The molecule has 2 N–H and O–H groups in total. The zero-order valence-electron chi connectivity index (χ0n) is 19.7. The molecule has 0 saturated carbocycles. The molecule has 2 aromatic carbocycles. The number of nitrogens with zero attached hydrogens (tertiary/aromatic N) is 2. The minimum Gasteiger partial charge on any atom is -0.408 e. The molecule has 1 amide bonds. The van der Waals surface area contributed by atoms with Crippen LogP contribution >= 0.6 is 0 Å². The number of fused-ring (bicyclic) bond motifs is 1. The molecule has 1 aromatic heterocycles. The second kappa shape index (κ2) is 9.30. The molecule has 4 atom stereocenters. The van der Waals surface area contributed by atoms with Gasteiger partial charge in [0.15, 0.2) is 5.58 Å². The van der Waals surface area contributed by atoms with Crippen LogP contribution in [0.25, 0.3) is 22.2 Å². The van der Waals surface area contributed by atoms with Crippen LogP contribution in [-0.4, -0.2) is 54.0 Å². The van der Waals surface area contributed by atoms with Crippen LogP contribution in [0.4, 0.5) is 0 Å². The highest BCUT2D eigenvalue weighted by atomic mass is 16.6. The SMILES string of the molecule is C[C@@H]1NC[C@@H](C(=O)N[C@H](C#N)Cc2ccc(-c3ccc4oc(=O)n(C)c4c3)cc2)OC[C@@]12CCO2. The van der Waals surface area contributed by atoms with Crippen molar-refractivity contribution < 1.29 is 18.7 Å². The summed E-state index contributed by atoms with van der Waals surface area (Å²) in [5.74, 6) is -0.698. The first-order valence-electron chi connectivity index (χ1n) is 11.8. The minimum atomic E-state index is -0.677. The van der Waals surface area contributed by atoms with Crippen molar-refractivity contribution in [2.45, 2.75) is 43.6 Å².